The standard InChI is InChI=1S/C17H25N5O2/c1-13(2)10-22-15(5-7-18-22)12-20-8-3-4-14(11-20)21-9-6-16(19-21)17(23)24/h5-7,9,13-14H,3-4,8,10-12H2,1-2H3,(H,23,24). The molecule has 1 atom stereocenters. The molecule has 1 aliphatic heterocycles. The van der Waals surface area contributed by atoms with E-state index in [2.05, 4.69) is 39.7 Å². The van der Waals surface area contributed by atoms with E-state index in [9.17, 15) is 4.79 Å². The number of aromatic nitrogens is 4. The van der Waals surface area contributed by atoms with Crippen LogP contribution in [0.15, 0.2) is 24.5 Å². The second kappa shape index (κ2) is 7.17. The summed E-state index contributed by atoms with van der Waals surface area (Å²) in [5.74, 6) is -0.407. The quantitative estimate of drug-likeness (QED) is 0.879. The van der Waals surface area contributed by atoms with Gasteiger partial charge < -0.3 is 5.11 Å². The van der Waals surface area contributed by atoms with E-state index >= 15 is 0 Å². The summed E-state index contributed by atoms with van der Waals surface area (Å²) in [4.78, 5) is 13.4. The fourth-order valence-electron chi connectivity index (χ4n) is 3.28. The Kier molecular flexibility index (Phi) is 4.99. The predicted molar refractivity (Wildman–Crippen MR) is 89.8 cm³/mol. The SMILES string of the molecule is CC(C)Cn1nccc1CN1CCCC(n2ccc(C(=O)O)n2)C1. The van der Waals surface area contributed by atoms with E-state index in [0.29, 0.717) is 5.92 Å². The minimum atomic E-state index is -0.973. The Morgan fingerprint density at radius 1 is 1.42 bits per heavy atom. The number of hydrogen-bond donors (Lipinski definition) is 1. The van der Waals surface area contributed by atoms with Crippen molar-refractivity contribution in [2.75, 3.05) is 13.1 Å². The van der Waals surface area contributed by atoms with Crippen LogP contribution in [-0.4, -0.2) is 48.6 Å². The Morgan fingerprint density at radius 3 is 2.96 bits per heavy atom. The summed E-state index contributed by atoms with van der Waals surface area (Å²) in [5, 5.41) is 17.6. The lowest BCUT2D eigenvalue weighted by molar-refractivity contribution is 0.0688. The highest BCUT2D eigenvalue weighted by Gasteiger charge is 2.23. The first-order valence-electron chi connectivity index (χ1n) is 8.54. The summed E-state index contributed by atoms with van der Waals surface area (Å²) in [6.45, 7) is 8.13. The van der Waals surface area contributed by atoms with Crippen molar-refractivity contribution in [2.24, 2.45) is 5.92 Å². The zero-order valence-corrected chi connectivity index (χ0v) is 14.3. The van der Waals surface area contributed by atoms with Crippen LogP contribution in [0.3, 0.4) is 0 Å². The Hall–Kier alpha value is -2.15. The van der Waals surface area contributed by atoms with E-state index in [4.69, 9.17) is 5.11 Å². The Morgan fingerprint density at radius 2 is 2.25 bits per heavy atom. The molecule has 130 valence electrons. The topological polar surface area (TPSA) is 76.2 Å². The maximum atomic E-state index is 11.0. The lowest BCUT2D eigenvalue weighted by atomic mass is 10.1. The molecule has 2 aromatic heterocycles. The molecule has 1 aliphatic rings. The van der Waals surface area contributed by atoms with Crippen molar-refractivity contribution in [3.05, 3.63) is 35.9 Å². The fourth-order valence-corrected chi connectivity index (χ4v) is 3.28. The van der Waals surface area contributed by atoms with E-state index in [1.807, 2.05) is 6.20 Å². The lowest BCUT2D eigenvalue weighted by Crippen LogP contribution is -2.37. The highest BCUT2D eigenvalue weighted by Crippen LogP contribution is 2.22. The van der Waals surface area contributed by atoms with Crippen molar-refractivity contribution in [3.8, 4) is 0 Å². The second-order valence-electron chi connectivity index (χ2n) is 6.92. The molecule has 0 radical (unpaired) electrons. The second-order valence-corrected chi connectivity index (χ2v) is 6.92. The predicted octanol–water partition coefficient (Wildman–Crippen LogP) is 2.27. The first kappa shape index (κ1) is 16.7. The van der Waals surface area contributed by atoms with Gasteiger partial charge in [0.25, 0.3) is 0 Å². The lowest BCUT2D eigenvalue weighted by Gasteiger charge is -2.32. The molecule has 0 saturated carbocycles. The maximum Gasteiger partial charge on any atom is 0.356 e. The highest BCUT2D eigenvalue weighted by molar-refractivity contribution is 5.85. The molecule has 7 nitrogen and oxygen atoms in total. The van der Waals surface area contributed by atoms with E-state index < -0.39 is 5.97 Å². The van der Waals surface area contributed by atoms with E-state index in [-0.39, 0.29) is 11.7 Å². The zero-order valence-electron chi connectivity index (χ0n) is 14.3. The summed E-state index contributed by atoms with van der Waals surface area (Å²) in [6.07, 6.45) is 5.76. The molecule has 0 bridgehead atoms. The monoisotopic (exact) mass is 331 g/mol. The first-order valence-corrected chi connectivity index (χ1v) is 8.54. The van der Waals surface area contributed by atoms with E-state index in [1.54, 1.807) is 16.9 Å². The number of hydrogen-bond acceptors (Lipinski definition) is 4. The molecule has 1 unspecified atom stereocenters. The summed E-state index contributed by atoms with van der Waals surface area (Å²) in [6, 6.07) is 3.88. The Balaban J connectivity index is 1.65. The van der Waals surface area contributed by atoms with Gasteiger partial charge in [-0.25, -0.2) is 4.79 Å². The first-order chi connectivity index (χ1) is 11.5. The van der Waals surface area contributed by atoms with Gasteiger partial charge in [-0.05, 0) is 37.4 Å². The van der Waals surface area contributed by atoms with Gasteiger partial charge >= 0.3 is 5.97 Å². The van der Waals surface area contributed by atoms with Crippen LogP contribution in [0.2, 0.25) is 0 Å². The largest absolute Gasteiger partial charge is 0.476 e. The number of piperidine rings is 1. The number of carbonyl (C=O) groups is 1. The van der Waals surface area contributed by atoms with Crippen molar-refractivity contribution in [2.45, 2.75) is 45.8 Å². The summed E-state index contributed by atoms with van der Waals surface area (Å²) >= 11 is 0. The molecule has 1 saturated heterocycles. The summed E-state index contributed by atoms with van der Waals surface area (Å²) in [7, 11) is 0. The van der Waals surface area contributed by atoms with Crippen LogP contribution in [0.25, 0.3) is 0 Å². The molecule has 2 aromatic rings. The molecule has 0 aliphatic carbocycles. The van der Waals surface area contributed by atoms with Crippen LogP contribution < -0.4 is 0 Å². The van der Waals surface area contributed by atoms with Crippen molar-refractivity contribution < 1.29 is 9.90 Å². The Bertz CT molecular complexity index is 691. The smallest absolute Gasteiger partial charge is 0.356 e. The summed E-state index contributed by atoms with van der Waals surface area (Å²) < 4.78 is 3.89. The van der Waals surface area contributed by atoms with E-state index in [0.717, 1.165) is 39.0 Å². The van der Waals surface area contributed by atoms with Gasteiger partial charge in [0.2, 0.25) is 0 Å². The number of likely N-dealkylation sites (tertiary alicyclic amines) is 1. The molecule has 0 amide bonds. The molecular formula is C17H25N5O2. The van der Waals surface area contributed by atoms with Gasteiger partial charge in [0.15, 0.2) is 5.69 Å². The van der Waals surface area contributed by atoms with Crippen LogP contribution in [0.5, 0.6) is 0 Å². The summed E-state index contributed by atoms with van der Waals surface area (Å²) in [5.41, 5.74) is 1.35. The number of rotatable bonds is 6. The Labute approximate surface area is 141 Å². The molecule has 24 heavy (non-hydrogen) atoms. The number of aromatic carboxylic acids is 1. The minimum Gasteiger partial charge on any atom is -0.476 e. The molecule has 0 aromatic carbocycles. The molecular weight excluding hydrogens is 306 g/mol. The van der Waals surface area contributed by atoms with Crippen molar-refractivity contribution in [1.82, 2.24) is 24.5 Å². The van der Waals surface area contributed by atoms with Crippen molar-refractivity contribution in [3.63, 3.8) is 0 Å². The molecule has 3 heterocycles. The molecule has 0 spiro atoms. The third kappa shape index (κ3) is 3.84. The van der Waals surface area contributed by atoms with Crippen LogP contribution in [0, 0.1) is 5.92 Å². The van der Waals surface area contributed by atoms with Crippen LogP contribution in [0.1, 0.15) is 48.9 Å². The van der Waals surface area contributed by atoms with Gasteiger partial charge in [-0.3, -0.25) is 14.3 Å². The van der Waals surface area contributed by atoms with Gasteiger partial charge in [0, 0.05) is 32.0 Å². The van der Waals surface area contributed by atoms with Gasteiger partial charge in [-0.1, -0.05) is 13.8 Å². The maximum absolute atomic E-state index is 11.0. The van der Waals surface area contributed by atoms with Gasteiger partial charge in [0.05, 0.1) is 11.7 Å². The van der Waals surface area contributed by atoms with Gasteiger partial charge in [0.1, 0.15) is 0 Å². The molecule has 1 N–H and O–H groups in total. The van der Waals surface area contributed by atoms with Crippen molar-refractivity contribution in [1.29, 1.82) is 0 Å². The van der Waals surface area contributed by atoms with Crippen LogP contribution in [-0.2, 0) is 13.1 Å². The minimum absolute atomic E-state index is 0.113. The zero-order chi connectivity index (χ0) is 17.1. The third-order valence-electron chi connectivity index (χ3n) is 4.41. The van der Waals surface area contributed by atoms with Gasteiger partial charge in [-0.2, -0.15) is 10.2 Å². The fraction of sp³-hybridized carbons (Fsp3) is 0.588. The normalized spacial score (nSPS) is 19.0. The molecule has 1 fully saturated rings. The van der Waals surface area contributed by atoms with Crippen LogP contribution >= 0.6 is 0 Å². The average Bonchev–Trinajstić information content (AvgIpc) is 3.17. The van der Waals surface area contributed by atoms with E-state index in [1.165, 1.54) is 5.69 Å². The molecule has 7 heteroatoms. The average molecular weight is 331 g/mol. The number of nitrogens with zero attached hydrogens (tertiary/aromatic N) is 5. The number of carboxylic acid groups (broad SMARTS) is 1. The van der Waals surface area contributed by atoms with Crippen LogP contribution in [0.4, 0.5) is 0 Å². The highest BCUT2D eigenvalue weighted by atomic mass is 16.4. The van der Waals surface area contributed by atoms with Gasteiger partial charge in [-0.15, -0.1) is 0 Å². The molecule has 3 rings (SSSR count). The third-order valence-corrected chi connectivity index (χ3v) is 4.41. The van der Waals surface area contributed by atoms with Crippen molar-refractivity contribution >= 4 is 5.97 Å². The number of carboxylic acids is 1.